The molecular formula is C13H19FN2OS. The Balaban J connectivity index is 2.44. The van der Waals surface area contributed by atoms with Crippen molar-refractivity contribution < 1.29 is 9.13 Å². The Morgan fingerprint density at radius 1 is 1.39 bits per heavy atom. The van der Waals surface area contributed by atoms with Crippen LogP contribution in [0.4, 0.5) is 10.1 Å². The topological polar surface area (TPSA) is 47.3 Å². The molecule has 0 spiro atoms. The van der Waals surface area contributed by atoms with Gasteiger partial charge in [-0.15, -0.1) is 0 Å². The van der Waals surface area contributed by atoms with Crippen LogP contribution in [0.2, 0.25) is 0 Å². The van der Waals surface area contributed by atoms with E-state index in [4.69, 9.17) is 22.7 Å². The Hall–Kier alpha value is -1.20. The van der Waals surface area contributed by atoms with Gasteiger partial charge in [0, 0.05) is 31.5 Å². The summed E-state index contributed by atoms with van der Waals surface area (Å²) in [6, 6.07) is 4.42. The summed E-state index contributed by atoms with van der Waals surface area (Å²) < 4.78 is 18.1. The maximum Gasteiger partial charge on any atom is 0.124 e. The summed E-state index contributed by atoms with van der Waals surface area (Å²) in [5, 5.41) is 3.22. The molecule has 0 bridgehead atoms. The average Bonchev–Trinajstić information content (AvgIpc) is 2.35. The first-order valence-corrected chi connectivity index (χ1v) is 6.38. The maximum absolute atomic E-state index is 13.1. The van der Waals surface area contributed by atoms with Gasteiger partial charge in [0.2, 0.25) is 0 Å². The maximum atomic E-state index is 13.1. The number of hydrogen-bond donors (Lipinski definition) is 2. The molecule has 3 nitrogen and oxygen atoms in total. The molecule has 0 heterocycles. The molecule has 0 aliphatic rings. The fourth-order valence-corrected chi connectivity index (χ4v) is 1.81. The fraction of sp³-hybridized carbons (Fsp3) is 0.462. The lowest BCUT2D eigenvalue weighted by Crippen LogP contribution is -2.14. The minimum absolute atomic E-state index is 0.205. The van der Waals surface area contributed by atoms with Crippen molar-refractivity contribution in [3.05, 3.63) is 29.6 Å². The third-order valence-electron chi connectivity index (χ3n) is 2.59. The number of ether oxygens (including phenoxy) is 1. The standard InChI is InChI=1S/C13H19FN2OS/c1-17-8-4-2-3-7-16-12-6-5-10(14)9-11(12)13(15)18/h5-6,9,16H,2-4,7-8H2,1H3,(H2,15,18). The number of nitrogens with one attached hydrogen (secondary N) is 1. The SMILES string of the molecule is COCCCCCNc1ccc(F)cc1C(N)=S. The van der Waals surface area contributed by atoms with Crippen molar-refractivity contribution in [2.75, 3.05) is 25.6 Å². The second-order valence-corrected chi connectivity index (χ2v) is 4.47. The number of rotatable bonds is 8. The predicted molar refractivity (Wildman–Crippen MR) is 76.5 cm³/mol. The highest BCUT2D eigenvalue weighted by Crippen LogP contribution is 2.17. The van der Waals surface area contributed by atoms with Gasteiger partial charge < -0.3 is 15.8 Å². The van der Waals surface area contributed by atoms with Crippen LogP contribution in [0.5, 0.6) is 0 Å². The second kappa shape index (κ2) is 8.00. The Morgan fingerprint density at radius 3 is 2.83 bits per heavy atom. The number of thiocarbonyl (C=S) groups is 1. The number of methoxy groups -OCH3 is 1. The van der Waals surface area contributed by atoms with Gasteiger partial charge in [0.15, 0.2) is 0 Å². The summed E-state index contributed by atoms with van der Waals surface area (Å²) in [6.07, 6.45) is 3.16. The van der Waals surface area contributed by atoms with Crippen molar-refractivity contribution in [1.82, 2.24) is 0 Å². The molecule has 100 valence electrons. The van der Waals surface area contributed by atoms with Crippen LogP contribution in [0.3, 0.4) is 0 Å². The lowest BCUT2D eigenvalue weighted by molar-refractivity contribution is 0.192. The molecule has 0 fully saturated rings. The summed E-state index contributed by atoms with van der Waals surface area (Å²) in [5.74, 6) is -0.330. The van der Waals surface area contributed by atoms with Crippen molar-refractivity contribution in [3.8, 4) is 0 Å². The van der Waals surface area contributed by atoms with E-state index in [1.54, 1.807) is 13.2 Å². The molecule has 1 aromatic carbocycles. The minimum atomic E-state index is -0.330. The van der Waals surface area contributed by atoms with Crippen molar-refractivity contribution in [2.45, 2.75) is 19.3 Å². The van der Waals surface area contributed by atoms with Crippen LogP contribution >= 0.6 is 12.2 Å². The molecule has 3 N–H and O–H groups in total. The molecule has 0 saturated carbocycles. The van der Waals surface area contributed by atoms with Crippen LogP contribution in [0.1, 0.15) is 24.8 Å². The summed E-state index contributed by atoms with van der Waals surface area (Å²) in [7, 11) is 1.70. The van der Waals surface area contributed by atoms with Gasteiger partial charge in [-0.3, -0.25) is 0 Å². The molecule has 0 radical (unpaired) electrons. The summed E-state index contributed by atoms with van der Waals surface area (Å²) in [4.78, 5) is 0.205. The van der Waals surface area contributed by atoms with Crippen LogP contribution in [0.25, 0.3) is 0 Å². The molecule has 0 unspecified atom stereocenters. The van der Waals surface area contributed by atoms with Crippen molar-refractivity contribution >= 4 is 22.9 Å². The van der Waals surface area contributed by atoms with Gasteiger partial charge in [-0.25, -0.2) is 4.39 Å². The van der Waals surface area contributed by atoms with Gasteiger partial charge in [0.25, 0.3) is 0 Å². The highest BCUT2D eigenvalue weighted by atomic mass is 32.1. The molecule has 1 aromatic rings. The summed E-state index contributed by atoms with van der Waals surface area (Å²) >= 11 is 4.90. The first kappa shape index (κ1) is 14.9. The minimum Gasteiger partial charge on any atom is -0.389 e. The van der Waals surface area contributed by atoms with Gasteiger partial charge in [0.1, 0.15) is 10.8 Å². The summed E-state index contributed by atoms with van der Waals surface area (Å²) in [6.45, 7) is 1.60. The normalized spacial score (nSPS) is 10.3. The largest absolute Gasteiger partial charge is 0.389 e. The van der Waals surface area contributed by atoms with Gasteiger partial charge in [-0.2, -0.15) is 0 Å². The number of unbranched alkanes of at least 4 members (excludes halogenated alkanes) is 2. The molecule has 5 heteroatoms. The number of hydrogen-bond acceptors (Lipinski definition) is 3. The van der Waals surface area contributed by atoms with E-state index in [9.17, 15) is 4.39 Å². The van der Waals surface area contributed by atoms with E-state index < -0.39 is 0 Å². The zero-order chi connectivity index (χ0) is 13.4. The van der Waals surface area contributed by atoms with Crippen LogP contribution in [-0.2, 0) is 4.74 Å². The molecule has 1 rings (SSSR count). The Bertz CT molecular complexity index is 399. The highest BCUT2D eigenvalue weighted by Gasteiger charge is 2.06. The van der Waals surface area contributed by atoms with Gasteiger partial charge in [-0.1, -0.05) is 12.2 Å². The number of halogens is 1. The molecule has 18 heavy (non-hydrogen) atoms. The van der Waals surface area contributed by atoms with E-state index in [0.29, 0.717) is 5.56 Å². The van der Waals surface area contributed by atoms with Gasteiger partial charge >= 0.3 is 0 Å². The molecule has 0 amide bonds. The van der Waals surface area contributed by atoms with Crippen LogP contribution in [0, 0.1) is 5.82 Å². The number of anilines is 1. The predicted octanol–water partition coefficient (Wildman–Crippen LogP) is 2.69. The van der Waals surface area contributed by atoms with Crippen LogP contribution in [0.15, 0.2) is 18.2 Å². The molecular weight excluding hydrogens is 251 g/mol. The number of nitrogens with two attached hydrogens (primary N) is 1. The number of benzene rings is 1. The Kier molecular flexibility index (Phi) is 6.60. The quantitative estimate of drug-likeness (QED) is 0.563. The van der Waals surface area contributed by atoms with Crippen LogP contribution in [-0.4, -0.2) is 25.2 Å². The molecule has 0 atom stereocenters. The Labute approximate surface area is 113 Å². The van der Waals surface area contributed by atoms with Gasteiger partial charge in [0.05, 0.1) is 0 Å². The van der Waals surface area contributed by atoms with E-state index in [2.05, 4.69) is 5.32 Å². The van der Waals surface area contributed by atoms with Gasteiger partial charge in [-0.05, 0) is 37.5 Å². The first-order valence-electron chi connectivity index (χ1n) is 5.97. The van der Waals surface area contributed by atoms with Crippen molar-refractivity contribution in [3.63, 3.8) is 0 Å². The zero-order valence-corrected chi connectivity index (χ0v) is 11.4. The third-order valence-corrected chi connectivity index (χ3v) is 2.81. The first-order chi connectivity index (χ1) is 8.65. The molecule has 0 aliphatic carbocycles. The summed E-state index contributed by atoms with van der Waals surface area (Å²) in [5.41, 5.74) is 6.91. The Morgan fingerprint density at radius 2 is 2.17 bits per heavy atom. The fourth-order valence-electron chi connectivity index (χ4n) is 1.65. The average molecular weight is 270 g/mol. The van der Waals surface area contributed by atoms with E-state index >= 15 is 0 Å². The van der Waals surface area contributed by atoms with Crippen LogP contribution < -0.4 is 11.1 Å². The van der Waals surface area contributed by atoms with E-state index in [1.807, 2.05) is 0 Å². The lowest BCUT2D eigenvalue weighted by atomic mass is 10.1. The molecule has 0 aliphatic heterocycles. The molecule has 0 aromatic heterocycles. The monoisotopic (exact) mass is 270 g/mol. The van der Waals surface area contributed by atoms with Crippen molar-refractivity contribution in [1.29, 1.82) is 0 Å². The molecule has 0 saturated heterocycles. The highest BCUT2D eigenvalue weighted by molar-refractivity contribution is 7.80. The smallest absolute Gasteiger partial charge is 0.124 e. The third kappa shape index (κ3) is 4.98. The lowest BCUT2D eigenvalue weighted by Gasteiger charge is -2.11. The van der Waals surface area contributed by atoms with E-state index in [1.165, 1.54) is 12.1 Å². The zero-order valence-electron chi connectivity index (χ0n) is 10.5. The van der Waals surface area contributed by atoms with E-state index in [-0.39, 0.29) is 10.8 Å². The van der Waals surface area contributed by atoms with E-state index in [0.717, 1.165) is 38.1 Å². The van der Waals surface area contributed by atoms with Crippen molar-refractivity contribution in [2.24, 2.45) is 5.73 Å². The second-order valence-electron chi connectivity index (χ2n) is 4.03.